The molecule has 1 N–H and O–H groups in total. The molecule has 94 valence electrons. The van der Waals surface area contributed by atoms with Gasteiger partial charge < -0.3 is 9.84 Å². The molecule has 1 aromatic rings. The summed E-state index contributed by atoms with van der Waals surface area (Å²) in [4.78, 5) is 10.6. The van der Waals surface area contributed by atoms with E-state index in [9.17, 15) is 4.79 Å². The predicted octanol–water partition coefficient (Wildman–Crippen LogP) is 3.25. The van der Waals surface area contributed by atoms with Crippen LogP contribution in [0.2, 0.25) is 0 Å². The van der Waals surface area contributed by atoms with E-state index in [0.717, 1.165) is 30.8 Å². The maximum Gasteiger partial charge on any atom is 0.335 e. The van der Waals surface area contributed by atoms with Crippen molar-refractivity contribution < 1.29 is 14.6 Å². The van der Waals surface area contributed by atoms with Gasteiger partial charge in [0.05, 0.1) is 12.2 Å². The van der Waals surface area contributed by atoms with Crippen LogP contribution in [0, 0.1) is 0 Å². The molecular weight excluding hydrogens is 236 g/mol. The number of carboxylic acids is 1. The van der Waals surface area contributed by atoms with E-state index in [1.807, 2.05) is 0 Å². The maximum absolute atomic E-state index is 10.6. The van der Waals surface area contributed by atoms with Crippen molar-refractivity contribution in [3.05, 3.63) is 29.8 Å². The van der Waals surface area contributed by atoms with Gasteiger partial charge in [0.15, 0.2) is 0 Å². The molecule has 0 fully saturated rings. The van der Waals surface area contributed by atoms with Gasteiger partial charge in [-0.1, -0.05) is 12.8 Å². The first kappa shape index (κ1) is 13.9. The summed E-state index contributed by atoms with van der Waals surface area (Å²) in [6.45, 7) is 0.680. The van der Waals surface area contributed by atoms with Crippen molar-refractivity contribution in [3.63, 3.8) is 0 Å². The molecule has 0 atom stereocenters. The molecule has 1 aromatic carbocycles. The number of unbranched alkanes of at least 4 members (excludes halogenated alkanes) is 3. The number of thiol groups is 1. The standard InChI is InChI=1S/C13H18O3S/c14-13(15)11-5-7-12(8-6-11)16-9-3-1-2-4-10-17/h5-8,17H,1-4,9-10H2,(H,14,15). The summed E-state index contributed by atoms with van der Waals surface area (Å²) < 4.78 is 5.51. The summed E-state index contributed by atoms with van der Waals surface area (Å²) in [6.07, 6.45) is 4.50. The second kappa shape index (κ2) is 8.01. The van der Waals surface area contributed by atoms with Crippen LogP contribution in [0.25, 0.3) is 0 Å². The molecule has 0 aliphatic rings. The lowest BCUT2D eigenvalue weighted by atomic mass is 10.2. The third-order valence-electron chi connectivity index (χ3n) is 2.42. The quantitative estimate of drug-likeness (QED) is 0.553. The Morgan fingerprint density at radius 3 is 2.35 bits per heavy atom. The first-order valence-corrected chi connectivity index (χ1v) is 6.44. The van der Waals surface area contributed by atoms with Crippen LogP contribution in [0.5, 0.6) is 5.75 Å². The van der Waals surface area contributed by atoms with Crippen molar-refractivity contribution in [2.75, 3.05) is 12.4 Å². The fourth-order valence-corrected chi connectivity index (χ4v) is 1.67. The van der Waals surface area contributed by atoms with Crippen LogP contribution in [-0.4, -0.2) is 23.4 Å². The van der Waals surface area contributed by atoms with Crippen molar-refractivity contribution >= 4 is 18.6 Å². The van der Waals surface area contributed by atoms with Crippen LogP contribution in [0.3, 0.4) is 0 Å². The van der Waals surface area contributed by atoms with Crippen molar-refractivity contribution in [3.8, 4) is 5.75 Å². The lowest BCUT2D eigenvalue weighted by Gasteiger charge is -2.06. The van der Waals surface area contributed by atoms with Gasteiger partial charge >= 0.3 is 5.97 Å². The number of hydrogen-bond donors (Lipinski definition) is 2. The second-order valence-corrected chi connectivity index (χ2v) is 4.26. The highest BCUT2D eigenvalue weighted by Gasteiger charge is 2.01. The smallest absolute Gasteiger partial charge is 0.335 e. The predicted molar refractivity (Wildman–Crippen MR) is 71.2 cm³/mol. The van der Waals surface area contributed by atoms with Crippen LogP contribution in [0.1, 0.15) is 36.0 Å². The number of carbonyl (C=O) groups is 1. The number of benzene rings is 1. The van der Waals surface area contributed by atoms with Gasteiger partial charge in [-0.15, -0.1) is 0 Å². The molecule has 1 rings (SSSR count). The Morgan fingerprint density at radius 2 is 1.76 bits per heavy atom. The molecule has 0 unspecified atom stereocenters. The topological polar surface area (TPSA) is 46.5 Å². The van der Waals surface area contributed by atoms with E-state index in [4.69, 9.17) is 9.84 Å². The second-order valence-electron chi connectivity index (χ2n) is 3.82. The lowest BCUT2D eigenvalue weighted by Crippen LogP contribution is -1.99. The highest BCUT2D eigenvalue weighted by atomic mass is 32.1. The first-order valence-electron chi connectivity index (χ1n) is 5.81. The zero-order valence-corrected chi connectivity index (χ0v) is 10.7. The molecule has 0 saturated heterocycles. The Morgan fingerprint density at radius 1 is 1.12 bits per heavy atom. The van der Waals surface area contributed by atoms with Gasteiger partial charge in [-0.3, -0.25) is 0 Å². The molecule has 0 saturated carbocycles. The van der Waals surface area contributed by atoms with Crippen molar-refractivity contribution in [1.82, 2.24) is 0 Å². The minimum Gasteiger partial charge on any atom is -0.494 e. The molecular formula is C13H18O3S. The van der Waals surface area contributed by atoms with Crippen molar-refractivity contribution in [1.29, 1.82) is 0 Å². The molecule has 0 spiro atoms. The Labute approximate surface area is 107 Å². The van der Waals surface area contributed by atoms with Gasteiger partial charge in [-0.05, 0) is 42.9 Å². The van der Waals surface area contributed by atoms with Gasteiger partial charge in [0, 0.05) is 0 Å². The molecule has 0 radical (unpaired) electrons. The third-order valence-corrected chi connectivity index (χ3v) is 2.74. The van der Waals surface area contributed by atoms with Gasteiger partial charge in [0.1, 0.15) is 5.75 Å². The average Bonchev–Trinajstić information content (AvgIpc) is 2.34. The normalized spacial score (nSPS) is 10.2. The van der Waals surface area contributed by atoms with Crippen LogP contribution in [0.15, 0.2) is 24.3 Å². The molecule has 0 aliphatic heterocycles. The zero-order chi connectivity index (χ0) is 12.5. The summed E-state index contributed by atoms with van der Waals surface area (Å²) in [5, 5.41) is 8.73. The zero-order valence-electron chi connectivity index (χ0n) is 9.76. The van der Waals surface area contributed by atoms with E-state index in [-0.39, 0.29) is 5.56 Å². The summed E-state index contributed by atoms with van der Waals surface area (Å²) in [5.41, 5.74) is 0.283. The Hall–Kier alpha value is -1.16. The van der Waals surface area contributed by atoms with E-state index in [0.29, 0.717) is 6.61 Å². The van der Waals surface area contributed by atoms with E-state index in [1.54, 1.807) is 24.3 Å². The molecule has 4 heteroatoms. The van der Waals surface area contributed by atoms with Gasteiger partial charge in [0.2, 0.25) is 0 Å². The number of rotatable bonds is 8. The Balaban J connectivity index is 2.21. The Kier molecular flexibility index (Phi) is 6.55. The van der Waals surface area contributed by atoms with E-state index >= 15 is 0 Å². The highest BCUT2D eigenvalue weighted by molar-refractivity contribution is 7.80. The molecule has 17 heavy (non-hydrogen) atoms. The molecule has 3 nitrogen and oxygen atoms in total. The monoisotopic (exact) mass is 254 g/mol. The number of hydrogen-bond acceptors (Lipinski definition) is 3. The molecule has 0 heterocycles. The third kappa shape index (κ3) is 5.63. The maximum atomic E-state index is 10.6. The van der Waals surface area contributed by atoms with Crippen LogP contribution >= 0.6 is 12.6 Å². The minimum atomic E-state index is -0.914. The first-order chi connectivity index (χ1) is 8.24. The van der Waals surface area contributed by atoms with Crippen molar-refractivity contribution in [2.24, 2.45) is 0 Å². The summed E-state index contributed by atoms with van der Waals surface area (Å²) >= 11 is 4.15. The van der Waals surface area contributed by atoms with Gasteiger partial charge in [-0.2, -0.15) is 12.6 Å². The molecule has 0 bridgehead atoms. The largest absolute Gasteiger partial charge is 0.494 e. The summed E-state index contributed by atoms with van der Waals surface area (Å²) in [5.74, 6) is 0.754. The van der Waals surface area contributed by atoms with Gasteiger partial charge in [0.25, 0.3) is 0 Å². The average molecular weight is 254 g/mol. The lowest BCUT2D eigenvalue weighted by molar-refractivity contribution is 0.0697. The fourth-order valence-electron chi connectivity index (χ4n) is 1.45. The van der Waals surface area contributed by atoms with Crippen LogP contribution < -0.4 is 4.74 Å². The number of aromatic carboxylic acids is 1. The van der Waals surface area contributed by atoms with E-state index in [1.165, 1.54) is 6.42 Å². The van der Waals surface area contributed by atoms with Crippen LogP contribution in [-0.2, 0) is 0 Å². The van der Waals surface area contributed by atoms with Crippen LogP contribution in [0.4, 0.5) is 0 Å². The number of carboxylic acid groups (broad SMARTS) is 1. The van der Waals surface area contributed by atoms with E-state index in [2.05, 4.69) is 12.6 Å². The molecule has 0 amide bonds. The summed E-state index contributed by atoms with van der Waals surface area (Å²) in [7, 11) is 0. The molecule has 0 aliphatic carbocycles. The molecule has 0 aromatic heterocycles. The minimum absolute atomic E-state index is 0.283. The summed E-state index contributed by atoms with van der Waals surface area (Å²) in [6, 6.07) is 6.49. The van der Waals surface area contributed by atoms with Gasteiger partial charge in [-0.25, -0.2) is 4.79 Å². The SMILES string of the molecule is O=C(O)c1ccc(OCCCCCCS)cc1. The van der Waals surface area contributed by atoms with E-state index < -0.39 is 5.97 Å². The Bertz CT molecular complexity index is 335. The highest BCUT2D eigenvalue weighted by Crippen LogP contribution is 2.13. The van der Waals surface area contributed by atoms with Crippen molar-refractivity contribution in [2.45, 2.75) is 25.7 Å². The fraction of sp³-hybridized carbons (Fsp3) is 0.462. The number of ether oxygens (including phenoxy) is 1.